The van der Waals surface area contributed by atoms with Gasteiger partial charge in [0.05, 0.1) is 18.9 Å². The second kappa shape index (κ2) is 6.26. The first-order valence-electron chi connectivity index (χ1n) is 7.00. The van der Waals surface area contributed by atoms with E-state index in [4.69, 9.17) is 20.8 Å². The van der Waals surface area contributed by atoms with Crippen LogP contribution in [0.15, 0.2) is 35.1 Å². The van der Waals surface area contributed by atoms with E-state index in [2.05, 4.69) is 15.3 Å². The van der Waals surface area contributed by atoms with Crippen LogP contribution in [0, 0.1) is 0 Å². The SMILES string of the molecule is CCc1cc2c(C(=O)Nc3ncncc3Cl)ccc(OC)c2o1. The monoisotopic (exact) mass is 331 g/mol. The van der Waals surface area contributed by atoms with Crippen molar-refractivity contribution < 1.29 is 13.9 Å². The first kappa shape index (κ1) is 15.3. The highest BCUT2D eigenvalue weighted by Gasteiger charge is 2.18. The molecule has 2 aromatic heterocycles. The van der Waals surface area contributed by atoms with Gasteiger partial charge in [-0.3, -0.25) is 4.79 Å². The molecule has 0 saturated heterocycles. The molecule has 0 unspecified atom stereocenters. The predicted molar refractivity (Wildman–Crippen MR) is 87.1 cm³/mol. The van der Waals surface area contributed by atoms with E-state index in [-0.39, 0.29) is 16.7 Å². The van der Waals surface area contributed by atoms with E-state index in [1.54, 1.807) is 19.2 Å². The lowest BCUT2D eigenvalue weighted by Gasteiger charge is -2.07. The lowest BCUT2D eigenvalue weighted by molar-refractivity contribution is 0.102. The largest absolute Gasteiger partial charge is 0.493 e. The van der Waals surface area contributed by atoms with Gasteiger partial charge in [0, 0.05) is 11.8 Å². The number of methoxy groups -OCH3 is 1. The quantitative estimate of drug-likeness (QED) is 0.788. The second-order valence-electron chi connectivity index (χ2n) is 4.80. The number of halogens is 1. The van der Waals surface area contributed by atoms with Crippen LogP contribution in [0.25, 0.3) is 11.0 Å². The molecule has 2 heterocycles. The molecule has 3 aromatic rings. The van der Waals surface area contributed by atoms with Crippen LogP contribution in [0.2, 0.25) is 5.02 Å². The number of amides is 1. The van der Waals surface area contributed by atoms with Crippen molar-refractivity contribution in [3.8, 4) is 5.75 Å². The van der Waals surface area contributed by atoms with Gasteiger partial charge in [0.25, 0.3) is 5.91 Å². The first-order chi connectivity index (χ1) is 11.1. The Morgan fingerprint density at radius 1 is 1.43 bits per heavy atom. The number of nitrogens with zero attached hydrogens (tertiary/aromatic N) is 2. The number of fused-ring (bicyclic) bond motifs is 1. The lowest BCUT2D eigenvalue weighted by Crippen LogP contribution is -2.13. The Morgan fingerprint density at radius 3 is 2.96 bits per heavy atom. The second-order valence-corrected chi connectivity index (χ2v) is 5.21. The maximum absolute atomic E-state index is 12.6. The van der Waals surface area contributed by atoms with Crippen LogP contribution in [0.5, 0.6) is 5.75 Å². The number of hydrogen-bond donors (Lipinski definition) is 1. The van der Waals surface area contributed by atoms with E-state index in [0.29, 0.717) is 22.3 Å². The standard InChI is InChI=1S/C16H14ClN3O3/c1-3-9-6-11-10(4-5-13(22-2)14(11)23-9)16(21)20-15-12(17)7-18-8-19-15/h4-8H,3H2,1-2H3,(H,18,19,20,21). The van der Waals surface area contributed by atoms with Crippen molar-refractivity contribution in [2.75, 3.05) is 12.4 Å². The molecule has 1 amide bonds. The molecule has 7 heteroatoms. The highest BCUT2D eigenvalue weighted by atomic mass is 35.5. The highest BCUT2D eigenvalue weighted by Crippen LogP contribution is 2.32. The third kappa shape index (κ3) is 2.85. The zero-order valence-corrected chi connectivity index (χ0v) is 13.3. The molecule has 0 bridgehead atoms. The fraction of sp³-hybridized carbons (Fsp3) is 0.188. The van der Waals surface area contributed by atoms with Gasteiger partial charge >= 0.3 is 0 Å². The van der Waals surface area contributed by atoms with Crippen LogP contribution in [0.4, 0.5) is 5.82 Å². The number of benzene rings is 1. The molecule has 6 nitrogen and oxygen atoms in total. The Balaban J connectivity index is 2.04. The summed E-state index contributed by atoms with van der Waals surface area (Å²) < 4.78 is 11.0. The van der Waals surface area contributed by atoms with Crippen LogP contribution in [-0.2, 0) is 6.42 Å². The average Bonchev–Trinajstić information content (AvgIpc) is 3.00. The van der Waals surface area contributed by atoms with Crippen molar-refractivity contribution in [1.29, 1.82) is 0 Å². The number of aromatic nitrogens is 2. The molecule has 1 N–H and O–H groups in total. The van der Waals surface area contributed by atoms with E-state index in [1.807, 2.05) is 13.0 Å². The molecule has 0 radical (unpaired) electrons. The van der Waals surface area contributed by atoms with E-state index in [9.17, 15) is 4.79 Å². The van der Waals surface area contributed by atoms with Gasteiger partial charge in [-0.2, -0.15) is 0 Å². The number of carbonyl (C=O) groups is 1. The Morgan fingerprint density at radius 2 is 2.26 bits per heavy atom. The number of furan rings is 1. The number of hydrogen-bond acceptors (Lipinski definition) is 5. The Kier molecular flexibility index (Phi) is 4.16. The van der Waals surface area contributed by atoms with Crippen molar-refractivity contribution >= 4 is 34.3 Å². The Hall–Kier alpha value is -2.60. The van der Waals surface area contributed by atoms with Crippen LogP contribution >= 0.6 is 11.6 Å². The number of carbonyl (C=O) groups excluding carboxylic acids is 1. The van der Waals surface area contributed by atoms with E-state index < -0.39 is 0 Å². The summed E-state index contributed by atoms with van der Waals surface area (Å²) in [4.78, 5) is 20.3. The number of aryl methyl sites for hydroxylation is 1. The summed E-state index contributed by atoms with van der Waals surface area (Å²) >= 11 is 5.97. The molecular formula is C16H14ClN3O3. The number of nitrogens with one attached hydrogen (secondary N) is 1. The van der Waals surface area contributed by atoms with Crippen LogP contribution < -0.4 is 10.1 Å². The van der Waals surface area contributed by atoms with Gasteiger partial charge in [-0.05, 0) is 18.2 Å². The Labute approximate surface area is 137 Å². The summed E-state index contributed by atoms with van der Waals surface area (Å²) in [5.74, 6) is 1.28. The van der Waals surface area contributed by atoms with Gasteiger partial charge in [0.1, 0.15) is 17.1 Å². The maximum atomic E-state index is 12.6. The minimum Gasteiger partial charge on any atom is -0.493 e. The molecule has 0 aliphatic carbocycles. The van der Waals surface area contributed by atoms with Crippen molar-refractivity contribution in [1.82, 2.24) is 9.97 Å². The third-order valence-electron chi connectivity index (χ3n) is 3.41. The summed E-state index contributed by atoms with van der Waals surface area (Å²) in [6.07, 6.45) is 3.45. The molecule has 0 saturated carbocycles. The van der Waals surface area contributed by atoms with Crippen molar-refractivity contribution in [2.24, 2.45) is 0 Å². The molecule has 0 atom stereocenters. The summed E-state index contributed by atoms with van der Waals surface area (Å²) in [6, 6.07) is 5.22. The maximum Gasteiger partial charge on any atom is 0.257 e. The van der Waals surface area contributed by atoms with Gasteiger partial charge in [-0.1, -0.05) is 18.5 Å². The van der Waals surface area contributed by atoms with Gasteiger partial charge in [0.15, 0.2) is 17.2 Å². The van der Waals surface area contributed by atoms with Crippen molar-refractivity contribution in [2.45, 2.75) is 13.3 Å². The minimum absolute atomic E-state index is 0.259. The molecule has 0 fully saturated rings. The molecule has 3 rings (SSSR count). The first-order valence-corrected chi connectivity index (χ1v) is 7.38. The van der Waals surface area contributed by atoms with Crippen LogP contribution in [0.1, 0.15) is 23.0 Å². The lowest BCUT2D eigenvalue weighted by atomic mass is 10.1. The predicted octanol–water partition coefficient (Wildman–Crippen LogP) is 3.70. The van der Waals surface area contributed by atoms with Gasteiger partial charge in [-0.25, -0.2) is 9.97 Å². The topological polar surface area (TPSA) is 77.2 Å². The molecule has 0 aliphatic heterocycles. The van der Waals surface area contributed by atoms with Crippen molar-refractivity contribution in [3.05, 3.63) is 47.1 Å². The average molecular weight is 332 g/mol. The highest BCUT2D eigenvalue weighted by molar-refractivity contribution is 6.33. The van der Waals surface area contributed by atoms with Crippen LogP contribution in [-0.4, -0.2) is 23.0 Å². The third-order valence-corrected chi connectivity index (χ3v) is 3.69. The van der Waals surface area contributed by atoms with Crippen LogP contribution in [0.3, 0.4) is 0 Å². The summed E-state index contributed by atoms with van der Waals surface area (Å²) in [7, 11) is 1.56. The molecule has 118 valence electrons. The molecule has 0 spiro atoms. The summed E-state index contributed by atoms with van der Waals surface area (Å²) in [6.45, 7) is 1.98. The number of anilines is 1. The zero-order chi connectivity index (χ0) is 16.4. The van der Waals surface area contributed by atoms with Crippen molar-refractivity contribution in [3.63, 3.8) is 0 Å². The van der Waals surface area contributed by atoms with E-state index in [1.165, 1.54) is 12.5 Å². The summed E-state index contributed by atoms with van der Waals surface area (Å²) in [5.41, 5.74) is 1.00. The van der Waals surface area contributed by atoms with Gasteiger partial charge in [0.2, 0.25) is 0 Å². The van der Waals surface area contributed by atoms with E-state index in [0.717, 1.165) is 12.2 Å². The number of ether oxygens (including phenoxy) is 1. The number of rotatable bonds is 4. The summed E-state index contributed by atoms with van der Waals surface area (Å²) in [5, 5.41) is 3.63. The molecule has 0 aliphatic rings. The molecule has 23 heavy (non-hydrogen) atoms. The normalized spacial score (nSPS) is 10.7. The smallest absolute Gasteiger partial charge is 0.257 e. The minimum atomic E-state index is -0.332. The zero-order valence-electron chi connectivity index (χ0n) is 12.6. The van der Waals surface area contributed by atoms with Gasteiger partial charge in [-0.15, -0.1) is 0 Å². The molecular weight excluding hydrogens is 318 g/mol. The van der Waals surface area contributed by atoms with Gasteiger partial charge < -0.3 is 14.5 Å². The van der Waals surface area contributed by atoms with E-state index >= 15 is 0 Å². The fourth-order valence-electron chi connectivity index (χ4n) is 2.26. The fourth-order valence-corrected chi connectivity index (χ4v) is 2.41. The molecule has 1 aromatic carbocycles. The Bertz CT molecular complexity index is 876.